The fraction of sp³-hybridized carbons (Fsp3) is 1.00. The summed E-state index contributed by atoms with van der Waals surface area (Å²) in [5, 5.41) is 0. The lowest BCUT2D eigenvalue weighted by Gasteiger charge is -2.30. The minimum atomic E-state index is -8.19. The summed E-state index contributed by atoms with van der Waals surface area (Å²) in [7, 11) is -16.4. The van der Waals surface area contributed by atoms with Crippen molar-refractivity contribution in [3.63, 3.8) is 0 Å². The summed E-state index contributed by atoms with van der Waals surface area (Å²) in [5.41, 5.74) is 0. The van der Waals surface area contributed by atoms with Gasteiger partial charge < -0.3 is 0 Å². The molecule has 0 N–H and O–H groups in total. The van der Waals surface area contributed by atoms with Crippen molar-refractivity contribution >= 4 is 20.0 Å². The summed E-state index contributed by atoms with van der Waals surface area (Å²) < 4.78 is 177. The van der Waals surface area contributed by atoms with E-state index in [-0.39, 0.29) is 0 Å². The van der Waals surface area contributed by atoms with Crippen molar-refractivity contribution in [2.75, 3.05) is 0 Å². The van der Waals surface area contributed by atoms with Crippen molar-refractivity contribution < 1.29 is 69.5 Å². The maximum Gasteiger partial charge on any atom is 0.478 e. The van der Waals surface area contributed by atoms with Gasteiger partial charge in [0.05, 0.1) is 0 Å². The fourth-order valence-electron chi connectivity index (χ4n) is 1.07. The number of sulfonamides is 2. The molecule has 0 aromatic rings. The number of rotatable bonds is 6. The van der Waals surface area contributed by atoms with E-state index in [1.54, 1.807) is 0 Å². The fourth-order valence-corrected chi connectivity index (χ4v) is 4.03. The molecule has 0 aromatic heterocycles. The summed E-state index contributed by atoms with van der Waals surface area (Å²) in [6.07, 6.45) is -13.9. The second-order valence-electron chi connectivity index (χ2n) is 3.56. The number of hydrogen-bond donors (Lipinski definition) is 0. The first-order valence-corrected chi connectivity index (χ1v) is 7.67. The lowest BCUT2D eigenvalue weighted by atomic mass is 11.0. The lowest BCUT2D eigenvalue weighted by molar-refractivity contribution is -0.256. The van der Waals surface area contributed by atoms with Crippen LogP contribution in [-0.4, -0.2) is 55.7 Å². The molecule has 0 amide bonds. The van der Waals surface area contributed by atoms with E-state index in [1.165, 1.54) is 0 Å². The lowest BCUT2D eigenvalue weighted by Crippen LogP contribution is -2.60. The van der Waals surface area contributed by atoms with Crippen LogP contribution in [0.15, 0.2) is 0 Å². The van der Waals surface area contributed by atoms with Gasteiger partial charge in [0.1, 0.15) is 0 Å². The molecule has 0 aliphatic carbocycles. The Balaban J connectivity index is 6.64. The number of halogens is 12. The minimum Gasteiger partial charge on any atom is -0.204 e. The maximum atomic E-state index is 13.3. The van der Waals surface area contributed by atoms with Gasteiger partial charge in [-0.15, -0.1) is 0 Å². The highest BCUT2D eigenvalue weighted by Gasteiger charge is 2.72. The third-order valence-electron chi connectivity index (χ3n) is 1.97. The monoisotopic (exact) mass is 446 g/mol. The van der Waals surface area contributed by atoms with E-state index in [9.17, 15) is 69.5 Å². The summed E-state index contributed by atoms with van der Waals surface area (Å²) in [5.74, 6) is 0. The van der Waals surface area contributed by atoms with Crippen LogP contribution in [0.25, 0.3) is 0 Å². The van der Waals surface area contributed by atoms with Crippen LogP contribution in [0, 0.1) is 0 Å². The maximum absolute atomic E-state index is 13.3. The van der Waals surface area contributed by atoms with Crippen molar-refractivity contribution in [1.29, 1.82) is 0 Å². The second kappa shape index (κ2) is 6.61. The molecule has 0 radical (unpaired) electrons. The molecule has 0 aromatic carbocycles. The summed E-state index contributed by atoms with van der Waals surface area (Å²) in [6.45, 7) is -10.9. The topological polar surface area (TPSA) is 74.8 Å². The molecule has 0 aliphatic heterocycles. The van der Waals surface area contributed by atoms with Gasteiger partial charge in [0, 0.05) is 0 Å². The van der Waals surface area contributed by atoms with Crippen molar-refractivity contribution in [2.45, 2.75) is 30.3 Å². The van der Waals surface area contributed by atoms with E-state index in [0.717, 1.165) is 0 Å². The Morgan fingerprint density at radius 2 is 0.760 bits per heavy atom. The molecule has 0 aliphatic rings. The average Bonchev–Trinajstić information content (AvgIpc) is 2.20. The zero-order valence-electron chi connectivity index (χ0n) is 10.5. The van der Waals surface area contributed by atoms with Gasteiger partial charge in [-0.1, -0.05) is 0 Å². The molecule has 0 saturated carbocycles. The quantitative estimate of drug-likeness (QED) is 0.464. The molecule has 6 nitrogen and oxygen atoms in total. The van der Waals surface area contributed by atoms with Crippen molar-refractivity contribution in [3.05, 3.63) is 0 Å². The Hall–Kier alpha value is -1.02. The zero-order valence-corrected chi connectivity index (χ0v) is 12.2. The summed E-state index contributed by atoms with van der Waals surface area (Å²) in [6, 6.07) is 0. The van der Waals surface area contributed by atoms with Crippen LogP contribution in [0.1, 0.15) is 0 Å². The number of nitrogens with zero attached hydrogens (tertiary/aromatic N) is 2. The summed E-state index contributed by atoms with van der Waals surface area (Å²) >= 11 is 0. The van der Waals surface area contributed by atoms with Gasteiger partial charge >= 0.3 is 50.3 Å². The third kappa shape index (κ3) is 4.22. The van der Waals surface area contributed by atoms with Crippen LogP contribution in [0.4, 0.5) is 52.7 Å². The Morgan fingerprint density at radius 1 is 0.560 bits per heavy atom. The van der Waals surface area contributed by atoms with Crippen molar-refractivity contribution in [3.8, 4) is 0 Å². The predicted octanol–water partition coefficient (Wildman–Crippen LogP) is 2.29. The van der Waals surface area contributed by atoms with E-state index in [2.05, 4.69) is 0 Å². The molecule has 0 bridgehead atoms. The number of alkyl halides is 12. The van der Waals surface area contributed by atoms with Gasteiger partial charge in [0.25, 0.3) is 0 Å². The first-order chi connectivity index (χ1) is 10.6. The largest absolute Gasteiger partial charge is 0.478 e. The van der Waals surface area contributed by atoms with E-state index in [1.807, 2.05) is 0 Å². The Morgan fingerprint density at radius 3 is 0.880 bits per heavy atom. The van der Waals surface area contributed by atoms with Gasteiger partial charge in [-0.25, -0.2) is 16.8 Å². The zero-order chi connectivity index (χ0) is 20.8. The van der Waals surface area contributed by atoms with Crippen molar-refractivity contribution in [1.82, 2.24) is 8.61 Å². The van der Waals surface area contributed by atoms with E-state index < -0.39 is 58.9 Å². The molecule has 0 saturated heterocycles. The standard InChI is InChI=1S/C5H2F12N2O4S2/c6-1(7)18(3(10,11)12)24(20,21)5(16,17)25(22,23)19(2(8)9)4(13,14)15/h1-2H. The normalized spacial score (nSPS) is 15.7. The SMILES string of the molecule is O=S(=O)(N(C(F)F)C(F)(F)F)C(F)(F)S(=O)(=O)N(C(F)F)C(F)(F)F. The van der Waals surface area contributed by atoms with E-state index >= 15 is 0 Å². The molecule has 25 heavy (non-hydrogen) atoms. The molecule has 0 heterocycles. The van der Waals surface area contributed by atoms with E-state index in [4.69, 9.17) is 0 Å². The van der Waals surface area contributed by atoms with Crippen LogP contribution in [0.2, 0.25) is 0 Å². The highest BCUT2D eigenvalue weighted by molar-refractivity contribution is 8.07. The van der Waals surface area contributed by atoms with Gasteiger partial charge in [-0.3, -0.25) is 0 Å². The van der Waals surface area contributed by atoms with Crippen LogP contribution in [0.5, 0.6) is 0 Å². The number of hydrogen-bond acceptors (Lipinski definition) is 4. The molecule has 0 unspecified atom stereocenters. The molecule has 0 rings (SSSR count). The molecule has 0 atom stereocenters. The minimum absolute atomic E-state index is 3.39. The molecular formula is C5H2F12N2O4S2. The van der Waals surface area contributed by atoms with Crippen LogP contribution >= 0.6 is 0 Å². The first kappa shape index (κ1) is 24.0. The third-order valence-corrected chi connectivity index (χ3v) is 6.21. The highest BCUT2D eigenvalue weighted by atomic mass is 32.3. The van der Waals surface area contributed by atoms with E-state index in [0.29, 0.717) is 0 Å². The van der Waals surface area contributed by atoms with Crippen LogP contribution < -0.4 is 0 Å². The smallest absolute Gasteiger partial charge is 0.204 e. The predicted molar refractivity (Wildman–Crippen MR) is 50.6 cm³/mol. The van der Waals surface area contributed by atoms with Crippen LogP contribution in [-0.2, 0) is 20.0 Å². The Bertz CT molecular complexity index is 621. The molecule has 20 heteroatoms. The van der Waals surface area contributed by atoms with Gasteiger partial charge in [0.2, 0.25) is 0 Å². The first-order valence-electron chi connectivity index (χ1n) is 4.79. The van der Waals surface area contributed by atoms with Crippen LogP contribution in [0.3, 0.4) is 0 Å². The molecular weight excluding hydrogens is 444 g/mol. The van der Waals surface area contributed by atoms with Gasteiger partial charge in [-0.2, -0.15) is 52.7 Å². The molecule has 0 fully saturated rings. The second-order valence-corrected chi connectivity index (χ2v) is 7.53. The molecule has 0 spiro atoms. The Labute approximate surface area is 129 Å². The average molecular weight is 446 g/mol. The van der Waals surface area contributed by atoms with Gasteiger partial charge in [0.15, 0.2) is 0 Å². The molecule has 152 valence electrons. The highest BCUT2D eigenvalue weighted by Crippen LogP contribution is 2.43. The van der Waals surface area contributed by atoms with Crippen molar-refractivity contribution in [2.24, 2.45) is 0 Å². The van der Waals surface area contributed by atoms with Gasteiger partial charge in [-0.05, 0) is 8.61 Å². The summed E-state index contributed by atoms with van der Waals surface area (Å²) in [4.78, 5) is 0. The Kier molecular flexibility index (Phi) is 6.34.